The van der Waals surface area contributed by atoms with Crippen molar-refractivity contribution in [2.24, 2.45) is 0 Å². The van der Waals surface area contributed by atoms with E-state index in [2.05, 4.69) is 4.72 Å². The number of nitrogens with one attached hydrogen (secondary N) is 1. The minimum Gasteiger partial charge on any atom is -0.508 e. The molecule has 0 atom stereocenters. The highest BCUT2D eigenvalue weighted by Crippen LogP contribution is 2.25. The minimum absolute atomic E-state index is 0.170. The molecule has 2 rings (SSSR count). The molecule has 0 aliphatic heterocycles. The molecule has 0 aliphatic rings. The minimum atomic E-state index is -3.62. The number of aryl methyl sites for hydroxylation is 2. The molecule has 124 valence electrons. The van der Waals surface area contributed by atoms with Crippen LogP contribution in [0.15, 0.2) is 41.3 Å². The van der Waals surface area contributed by atoms with E-state index < -0.39 is 10.0 Å². The first-order valence-electron chi connectivity index (χ1n) is 7.27. The zero-order chi connectivity index (χ0) is 17.0. The maximum Gasteiger partial charge on any atom is 0.241 e. The Morgan fingerprint density at radius 2 is 1.74 bits per heavy atom. The van der Waals surface area contributed by atoms with Crippen LogP contribution >= 0.6 is 0 Å². The average Bonchev–Trinajstić information content (AvgIpc) is 2.48. The van der Waals surface area contributed by atoms with Crippen molar-refractivity contribution in [2.45, 2.75) is 25.2 Å². The summed E-state index contributed by atoms with van der Waals surface area (Å²) in [6.07, 6.45) is 0.417. The van der Waals surface area contributed by atoms with Crippen LogP contribution in [0, 0.1) is 13.8 Å². The molecule has 0 saturated heterocycles. The first-order valence-corrected chi connectivity index (χ1v) is 8.75. The molecular weight excluding hydrogens is 314 g/mol. The van der Waals surface area contributed by atoms with Gasteiger partial charge >= 0.3 is 0 Å². The van der Waals surface area contributed by atoms with Crippen molar-refractivity contribution in [1.82, 2.24) is 4.72 Å². The second kappa shape index (κ2) is 7.02. The summed E-state index contributed by atoms with van der Waals surface area (Å²) < 4.78 is 32.8. The Morgan fingerprint density at radius 1 is 1.13 bits per heavy atom. The largest absolute Gasteiger partial charge is 0.508 e. The maximum atomic E-state index is 12.5. The number of para-hydroxylation sites is 1. The summed E-state index contributed by atoms with van der Waals surface area (Å²) >= 11 is 0. The molecule has 0 aromatic heterocycles. The van der Waals surface area contributed by atoms with Crippen LogP contribution in [0.25, 0.3) is 0 Å². The van der Waals surface area contributed by atoms with Crippen molar-refractivity contribution in [3.8, 4) is 11.5 Å². The predicted octanol–water partition coefficient (Wildman–Crippen LogP) is 2.54. The molecule has 0 fully saturated rings. The highest BCUT2D eigenvalue weighted by Gasteiger charge is 2.20. The third-order valence-electron chi connectivity index (χ3n) is 3.62. The van der Waals surface area contributed by atoms with Crippen LogP contribution in [0.5, 0.6) is 11.5 Å². The first-order chi connectivity index (χ1) is 10.8. The molecule has 2 N–H and O–H groups in total. The molecule has 0 heterocycles. The number of phenols is 1. The second-order valence-electron chi connectivity index (χ2n) is 5.37. The number of phenolic OH excluding ortho intramolecular Hbond substituents is 1. The van der Waals surface area contributed by atoms with E-state index in [0.29, 0.717) is 28.9 Å². The molecule has 0 aliphatic carbocycles. The topological polar surface area (TPSA) is 75.6 Å². The third kappa shape index (κ3) is 4.03. The lowest BCUT2D eigenvalue weighted by Gasteiger charge is -2.14. The summed E-state index contributed by atoms with van der Waals surface area (Å²) in [5.74, 6) is 0.802. The number of hydrogen-bond donors (Lipinski definition) is 2. The molecule has 2 aromatic rings. The highest BCUT2D eigenvalue weighted by molar-refractivity contribution is 7.89. The highest BCUT2D eigenvalue weighted by atomic mass is 32.2. The Bertz CT molecular complexity index is 777. The molecule has 0 bridgehead atoms. The number of methoxy groups -OCH3 is 1. The number of benzene rings is 2. The third-order valence-corrected chi connectivity index (χ3v) is 5.38. The van der Waals surface area contributed by atoms with Crippen molar-refractivity contribution < 1.29 is 18.3 Å². The van der Waals surface area contributed by atoms with Crippen molar-refractivity contribution in [3.05, 3.63) is 53.1 Å². The van der Waals surface area contributed by atoms with E-state index in [4.69, 9.17) is 4.74 Å². The zero-order valence-corrected chi connectivity index (χ0v) is 14.3. The lowest BCUT2D eigenvalue weighted by molar-refractivity contribution is 0.413. The Morgan fingerprint density at radius 3 is 2.30 bits per heavy atom. The van der Waals surface area contributed by atoms with E-state index in [9.17, 15) is 13.5 Å². The van der Waals surface area contributed by atoms with Crippen LogP contribution in [0.1, 0.15) is 16.7 Å². The predicted molar refractivity (Wildman–Crippen MR) is 89.5 cm³/mol. The lowest BCUT2D eigenvalue weighted by atomic mass is 10.1. The van der Waals surface area contributed by atoms with E-state index in [-0.39, 0.29) is 17.2 Å². The molecule has 0 amide bonds. The molecule has 5 nitrogen and oxygen atoms in total. The number of rotatable bonds is 6. The Labute approximate surface area is 137 Å². The SMILES string of the molecule is COc1cc(C)c(S(=O)(=O)NCCc2ccccc2O)c(C)c1. The molecule has 23 heavy (non-hydrogen) atoms. The molecule has 6 heteroatoms. The lowest BCUT2D eigenvalue weighted by Crippen LogP contribution is -2.27. The standard InChI is InChI=1S/C17H21NO4S/c1-12-10-15(22-3)11-13(2)17(12)23(20,21)18-9-8-14-6-4-5-7-16(14)19/h4-7,10-11,18-19H,8-9H2,1-3H3. The number of hydrogen-bond acceptors (Lipinski definition) is 4. The normalized spacial score (nSPS) is 11.4. The van der Waals surface area contributed by atoms with Gasteiger partial charge in [0.05, 0.1) is 12.0 Å². The average molecular weight is 335 g/mol. The van der Waals surface area contributed by atoms with Gasteiger partial charge in [-0.3, -0.25) is 0 Å². The van der Waals surface area contributed by atoms with Crippen LogP contribution in [0.3, 0.4) is 0 Å². The van der Waals surface area contributed by atoms with E-state index in [1.807, 2.05) is 0 Å². The van der Waals surface area contributed by atoms with Crippen molar-refractivity contribution >= 4 is 10.0 Å². The quantitative estimate of drug-likeness (QED) is 0.850. The van der Waals surface area contributed by atoms with Gasteiger partial charge in [-0.2, -0.15) is 0 Å². The van der Waals surface area contributed by atoms with Gasteiger partial charge in [-0.25, -0.2) is 13.1 Å². The fraction of sp³-hybridized carbons (Fsp3) is 0.294. The van der Waals surface area contributed by atoms with Gasteiger partial charge in [0, 0.05) is 6.54 Å². The van der Waals surface area contributed by atoms with Crippen molar-refractivity contribution in [3.63, 3.8) is 0 Å². The molecule has 0 radical (unpaired) electrons. The summed E-state index contributed by atoms with van der Waals surface area (Å²) in [6, 6.07) is 10.3. The van der Waals surface area contributed by atoms with Crippen molar-refractivity contribution in [1.29, 1.82) is 0 Å². The fourth-order valence-corrected chi connectivity index (χ4v) is 4.05. The van der Waals surface area contributed by atoms with Gasteiger partial charge in [0.25, 0.3) is 0 Å². The van der Waals surface area contributed by atoms with Crippen LogP contribution in [0.2, 0.25) is 0 Å². The van der Waals surface area contributed by atoms with E-state index in [0.717, 1.165) is 0 Å². The maximum absolute atomic E-state index is 12.5. The van der Waals surface area contributed by atoms with Gasteiger partial charge < -0.3 is 9.84 Å². The van der Waals surface area contributed by atoms with Crippen LogP contribution in [-0.2, 0) is 16.4 Å². The zero-order valence-electron chi connectivity index (χ0n) is 13.5. The molecular formula is C17H21NO4S. The summed E-state index contributed by atoms with van der Waals surface area (Å²) in [7, 11) is -2.07. The van der Waals surface area contributed by atoms with Crippen molar-refractivity contribution in [2.75, 3.05) is 13.7 Å². The van der Waals surface area contributed by atoms with Crippen LogP contribution in [0.4, 0.5) is 0 Å². The van der Waals surface area contributed by atoms with E-state index in [1.54, 1.807) is 57.4 Å². The van der Waals surface area contributed by atoms with Crippen LogP contribution in [-0.4, -0.2) is 27.2 Å². The molecule has 0 saturated carbocycles. The second-order valence-corrected chi connectivity index (χ2v) is 7.07. The summed E-state index contributed by atoms with van der Waals surface area (Å²) in [6.45, 7) is 3.70. The number of ether oxygens (including phenoxy) is 1. The smallest absolute Gasteiger partial charge is 0.241 e. The van der Waals surface area contributed by atoms with Gasteiger partial charge in [-0.05, 0) is 55.2 Å². The van der Waals surface area contributed by atoms with Gasteiger partial charge in [0.1, 0.15) is 11.5 Å². The molecule has 2 aromatic carbocycles. The fourth-order valence-electron chi connectivity index (χ4n) is 2.57. The van der Waals surface area contributed by atoms with E-state index >= 15 is 0 Å². The van der Waals surface area contributed by atoms with Gasteiger partial charge in [-0.15, -0.1) is 0 Å². The first kappa shape index (κ1) is 17.3. The summed E-state index contributed by atoms with van der Waals surface area (Å²) in [5.41, 5.74) is 1.98. The summed E-state index contributed by atoms with van der Waals surface area (Å²) in [4.78, 5) is 0.274. The monoisotopic (exact) mass is 335 g/mol. The van der Waals surface area contributed by atoms with Gasteiger partial charge in [0.2, 0.25) is 10.0 Å². The summed E-state index contributed by atoms with van der Waals surface area (Å²) in [5, 5.41) is 9.71. The molecule has 0 unspecified atom stereocenters. The van der Waals surface area contributed by atoms with Crippen LogP contribution < -0.4 is 9.46 Å². The van der Waals surface area contributed by atoms with Gasteiger partial charge in [0.15, 0.2) is 0 Å². The van der Waals surface area contributed by atoms with E-state index in [1.165, 1.54) is 0 Å². The number of sulfonamides is 1. The Balaban J connectivity index is 2.15. The number of aromatic hydroxyl groups is 1. The van der Waals surface area contributed by atoms with Gasteiger partial charge in [-0.1, -0.05) is 18.2 Å². The Hall–Kier alpha value is -2.05. The molecule has 0 spiro atoms. The Kier molecular flexibility index (Phi) is 5.28.